The lowest BCUT2D eigenvalue weighted by Gasteiger charge is -2.59. The lowest BCUT2D eigenvalue weighted by Crippen LogP contribution is -2.73. The molecule has 4 N–H and O–H groups in total. The average molecular weight is 531 g/mol. The fraction of sp³-hybridized carbons (Fsp3) is 0.679. The van der Waals surface area contributed by atoms with E-state index in [1.807, 2.05) is 18.2 Å². The molecule has 7 rings (SSSR count). The molecule has 10 heteroatoms. The summed E-state index contributed by atoms with van der Waals surface area (Å²) in [6.45, 7) is 8.54. The van der Waals surface area contributed by atoms with E-state index in [2.05, 4.69) is 6.58 Å². The number of benzene rings is 1. The van der Waals surface area contributed by atoms with Crippen LogP contribution in [0.4, 0.5) is 0 Å². The van der Waals surface area contributed by atoms with Gasteiger partial charge >= 0.3 is 11.9 Å². The van der Waals surface area contributed by atoms with Crippen molar-refractivity contribution in [3.63, 3.8) is 0 Å². The van der Waals surface area contributed by atoms with Crippen molar-refractivity contribution in [2.75, 3.05) is 6.61 Å². The van der Waals surface area contributed by atoms with Crippen molar-refractivity contribution in [2.45, 2.75) is 92.5 Å². The molecule has 3 heterocycles. The Hall–Kier alpha value is -1.89. The first kappa shape index (κ1) is 25.1. The van der Waals surface area contributed by atoms with E-state index in [1.165, 1.54) is 6.92 Å². The maximum atomic E-state index is 12.4. The minimum atomic E-state index is -2.08. The van der Waals surface area contributed by atoms with Crippen molar-refractivity contribution < 1.29 is 48.9 Å². The number of epoxide rings is 1. The first-order chi connectivity index (χ1) is 17.9. The first-order valence-corrected chi connectivity index (χ1v) is 13.3. The predicted octanol–water partition coefficient (Wildman–Crippen LogP) is 0.500. The van der Waals surface area contributed by atoms with Crippen molar-refractivity contribution in [2.24, 2.45) is 17.8 Å². The van der Waals surface area contributed by atoms with E-state index in [0.717, 1.165) is 0 Å². The van der Waals surface area contributed by atoms with Gasteiger partial charge in [0.2, 0.25) is 0 Å². The molecule has 206 valence electrons. The van der Waals surface area contributed by atoms with Gasteiger partial charge < -0.3 is 44.1 Å². The van der Waals surface area contributed by atoms with Crippen LogP contribution < -0.4 is 0 Å². The molecule has 0 radical (unpaired) electrons. The van der Waals surface area contributed by atoms with Gasteiger partial charge in [0.05, 0.1) is 18.3 Å². The average Bonchev–Trinajstić information content (AvgIpc) is 3.50. The number of aliphatic hydroxyl groups is 4. The van der Waals surface area contributed by atoms with Crippen molar-refractivity contribution in [3.05, 3.63) is 48.0 Å². The third kappa shape index (κ3) is 2.59. The van der Waals surface area contributed by atoms with E-state index in [0.29, 0.717) is 17.6 Å². The standard InChI is InChI=1S/C28H34O10/c1-13(2)27-18(34-15(4)30)11-24-17-10-14(3)20(31)26(17,33)23(32)25(12-29)21(35-25)19(24)22(27)36-28(37-24,38-27)16-8-6-5-7-9-16/h5-9,14,17-23,29,31-33H,1,10-12H2,2-4H3/t14-,17?,18+,19?,20?,21-,22+,23+,24-,25-,26+,27-,28-/m0/s1. The van der Waals surface area contributed by atoms with Crippen LogP contribution in [0.1, 0.15) is 39.2 Å². The number of hydrogen-bond acceptors (Lipinski definition) is 10. The summed E-state index contributed by atoms with van der Waals surface area (Å²) in [5.74, 6) is -4.14. The second-order valence-electron chi connectivity index (χ2n) is 12.2. The zero-order valence-electron chi connectivity index (χ0n) is 21.6. The van der Waals surface area contributed by atoms with E-state index in [4.69, 9.17) is 23.7 Å². The van der Waals surface area contributed by atoms with Gasteiger partial charge in [0.1, 0.15) is 35.6 Å². The molecule has 6 fully saturated rings. The Bertz CT molecular complexity index is 1210. The van der Waals surface area contributed by atoms with E-state index < -0.39 is 89.2 Å². The second-order valence-corrected chi connectivity index (χ2v) is 12.2. The van der Waals surface area contributed by atoms with Gasteiger partial charge in [-0.25, -0.2) is 0 Å². The number of carbonyl (C=O) groups excluding carboxylic acids is 1. The molecule has 38 heavy (non-hydrogen) atoms. The minimum absolute atomic E-state index is 0.0824. The minimum Gasteiger partial charge on any atom is -0.459 e. The predicted molar refractivity (Wildman–Crippen MR) is 128 cm³/mol. The molecular formula is C28H34O10. The van der Waals surface area contributed by atoms with Crippen molar-refractivity contribution in [1.29, 1.82) is 0 Å². The Kier molecular flexibility index (Phi) is 4.91. The van der Waals surface area contributed by atoms with Gasteiger partial charge in [-0.2, -0.15) is 0 Å². The summed E-state index contributed by atoms with van der Waals surface area (Å²) in [5, 5.41) is 45.7. The lowest BCUT2D eigenvalue weighted by atomic mass is 9.57. The second kappa shape index (κ2) is 7.44. The zero-order chi connectivity index (χ0) is 27.0. The molecular weight excluding hydrogens is 496 g/mol. The van der Waals surface area contributed by atoms with Gasteiger partial charge in [-0.1, -0.05) is 43.8 Å². The van der Waals surface area contributed by atoms with Crippen LogP contribution >= 0.6 is 0 Å². The topological polar surface area (TPSA) is 147 Å². The van der Waals surface area contributed by atoms with Crippen molar-refractivity contribution in [3.8, 4) is 0 Å². The Morgan fingerprint density at radius 2 is 1.84 bits per heavy atom. The summed E-state index contributed by atoms with van der Waals surface area (Å²) in [6.07, 6.45) is -5.03. The highest BCUT2D eigenvalue weighted by Crippen LogP contribution is 2.73. The maximum Gasteiger partial charge on any atom is 0.314 e. The molecule has 0 amide bonds. The van der Waals surface area contributed by atoms with Crippen LogP contribution in [-0.2, 0) is 34.5 Å². The highest BCUT2D eigenvalue weighted by molar-refractivity contribution is 5.66. The molecule has 1 aromatic rings. The summed E-state index contributed by atoms with van der Waals surface area (Å²) in [4.78, 5) is 12.4. The van der Waals surface area contributed by atoms with Gasteiger partial charge in [0.15, 0.2) is 5.60 Å². The molecule has 3 bridgehead atoms. The normalized spacial score (nSPS) is 55.4. The Morgan fingerprint density at radius 1 is 1.13 bits per heavy atom. The molecule has 10 nitrogen and oxygen atoms in total. The van der Waals surface area contributed by atoms with Crippen molar-refractivity contribution in [1.82, 2.24) is 0 Å². The summed E-state index contributed by atoms with van der Waals surface area (Å²) in [6, 6.07) is 9.12. The SMILES string of the molecule is C=C(C)[C@@]12O[C@@]3(c4ccccc4)O[C@@H]1C1[C@@H]4O[C@]4(CO)[C@@H](O)[C@]4(O)C(O)[C@@H](C)CC4[C@]1(C[C@H]2OC(C)=O)O3. The van der Waals surface area contributed by atoms with E-state index in [9.17, 15) is 25.2 Å². The number of esters is 1. The number of hydrogen-bond donors (Lipinski definition) is 4. The van der Waals surface area contributed by atoms with E-state index in [1.54, 1.807) is 26.0 Å². The van der Waals surface area contributed by atoms with Crippen LogP contribution in [-0.4, -0.2) is 85.9 Å². The van der Waals surface area contributed by atoms with Gasteiger partial charge in [-0.05, 0) is 24.8 Å². The van der Waals surface area contributed by atoms with Crippen LogP contribution in [0.5, 0.6) is 0 Å². The van der Waals surface area contributed by atoms with Gasteiger partial charge in [-0.15, -0.1) is 0 Å². The highest BCUT2D eigenvalue weighted by Gasteiger charge is 2.89. The smallest absolute Gasteiger partial charge is 0.314 e. The Labute approximate surface area is 220 Å². The lowest BCUT2D eigenvalue weighted by molar-refractivity contribution is -0.437. The van der Waals surface area contributed by atoms with Crippen LogP contribution in [0.25, 0.3) is 0 Å². The molecule has 13 atom stereocenters. The molecule has 6 aliphatic rings. The van der Waals surface area contributed by atoms with E-state index >= 15 is 0 Å². The van der Waals surface area contributed by atoms with Gasteiger partial charge in [-0.3, -0.25) is 4.79 Å². The Balaban J connectivity index is 1.51. The van der Waals surface area contributed by atoms with Gasteiger partial charge in [0, 0.05) is 30.7 Å². The van der Waals surface area contributed by atoms with Crippen LogP contribution in [0, 0.1) is 17.8 Å². The molecule has 3 saturated carbocycles. The van der Waals surface area contributed by atoms with Crippen LogP contribution in [0.3, 0.4) is 0 Å². The van der Waals surface area contributed by atoms with Crippen LogP contribution in [0.15, 0.2) is 42.5 Å². The Morgan fingerprint density at radius 3 is 2.47 bits per heavy atom. The highest BCUT2D eigenvalue weighted by atomic mass is 16.9. The third-order valence-electron chi connectivity index (χ3n) is 10.3. The third-order valence-corrected chi connectivity index (χ3v) is 10.3. The molecule has 1 aromatic carbocycles. The fourth-order valence-corrected chi connectivity index (χ4v) is 8.71. The maximum absolute atomic E-state index is 12.4. The summed E-state index contributed by atoms with van der Waals surface area (Å²) < 4.78 is 32.5. The number of aliphatic hydroxyl groups excluding tert-OH is 3. The molecule has 0 spiro atoms. The quantitative estimate of drug-likeness (QED) is 0.246. The molecule has 3 unspecified atom stereocenters. The number of fused-ring (bicyclic) bond motifs is 3. The largest absolute Gasteiger partial charge is 0.459 e. The number of ether oxygens (including phenoxy) is 5. The van der Waals surface area contributed by atoms with Crippen molar-refractivity contribution >= 4 is 5.97 Å². The summed E-state index contributed by atoms with van der Waals surface area (Å²) >= 11 is 0. The number of carbonyl (C=O) groups is 1. The zero-order valence-corrected chi connectivity index (χ0v) is 21.6. The molecule has 3 aliphatic heterocycles. The first-order valence-electron chi connectivity index (χ1n) is 13.3. The molecule has 0 aromatic heterocycles. The molecule has 3 aliphatic carbocycles. The fourth-order valence-electron chi connectivity index (χ4n) is 8.71. The monoisotopic (exact) mass is 530 g/mol. The molecule has 3 saturated heterocycles. The number of rotatable bonds is 4. The van der Waals surface area contributed by atoms with Crippen LogP contribution in [0.2, 0.25) is 0 Å². The van der Waals surface area contributed by atoms with E-state index in [-0.39, 0.29) is 6.42 Å². The van der Waals surface area contributed by atoms with Gasteiger partial charge in [0.25, 0.3) is 0 Å². The summed E-state index contributed by atoms with van der Waals surface area (Å²) in [7, 11) is 0. The summed E-state index contributed by atoms with van der Waals surface area (Å²) in [5.41, 5.74) is -5.14.